The first-order chi connectivity index (χ1) is 13.7. The summed E-state index contributed by atoms with van der Waals surface area (Å²) in [6, 6.07) is 18.0. The normalized spacial score (nSPS) is 22.3. The van der Waals surface area contributed by atoms with E-state index in [2.05, 4.69) is 10.0 Å². The Hall–Kier alpha value is -2.90. The number of carbonyl (C=O) groups is 1. The predicted molar refractivity (Wildman–Crippen MR) is 99.9 cm³/mol. The molecule has 0 bridgehead atoms. The second-order valence-electron chi connectivity index (χ2n) is 6.38. The van der Waals surface area contributed by atoms with Crippen LogP contribution >= 0.6 is 0 Å². The van der Waals surface area contributed by atoms with E-state index in [1.165, 1.54) is 0 Å². The number of aliphatic hydroxyl groups excluding tert-OH is 1. The second-order valence-corrected chi connectivity index (χ2v) is 6.38. The molecule has 1 aliphatic heterocycles. The van der Waals surface area contributed by atoms with Gasteiger partial charge in [0.2, 0.25) is 0 Å². The number of nitrogens with zero attached hydrogens (tertiary/aromatic N) is 3. The molecule has 2 aromatic rings. The van der Waals surface area contributed by atoms with Gasteiger partial charge in [-0.25, -0.2) is 4.79 Å². The van der Waals surface area contributed by atoms with Crippen molar-refractivity contribution in [1.29, 1.82) is 0 Å². The first-order valence-electron chi connectivity index (χ1n) is 8.89. The maximum atomic E-state index is 11.9. The van der Waals surface area contributed by atoms with Crippen LogP contribution in [0.3, 0.4) is 0 Å². The highest BCUT2D eigenvalue weighted by molar-refractivity contribution is 5.78. The van der Waals surface area contributed by atoms with Crippen LogP contribution in [0, 0.1) is 0 Å². The van der Waals surface area contributed by atoms with Crippen LogP contribution < -0.4 is 0 Å². The highest BCUT2D eigenvalue weighted by Gasteiger charge is 2.48. The number of hydrogen-bond donors (Lipinski definition) is 1. The van der Waals surface area contributed by atoms with Crippen LogP contribution in [0.25, 0.3) is 10.4 Å². The Labute approximate surface area is 162 Å². The van der Waals surface area contributed by atoms with Gasteiger partial charge in [0.05, 0.1) is 19.8 Å². The van der Waals surface area contributed by atoms with E-state index >= 15 is 0 Å². The van der Waals surface area contributed by atoms with Crippen molar-refractivity contribution in [3.8, 4) is 0 Å². The van der Waals surface area contributed by atoms with E-state index in [9.17, 15) is 9.90 Å². The fraction of sp³-hybridized carbons (Fsp3) is 0.350. The van der Waals surface area contributed by atoms with Crippen LogP contribution in [0.5, 0.6) is 0 Å². The van der Waals surface area contributed by atoms with Gasteiger partial charge in [-0.15, -0.1) is 0 Å². The standard InChI is InChI=1S/C20H21N3O5/c21-23-22-16(13-26-11-14-7-3-1-4-8-14)18-19(17(24)20(25)28-18)27-12-15-9-5-2-6-10-15/h1-10,16-19,24H,11-13H2/t16-,17+,18+,19+/m1/s1. The van der Waals surface area contributed by atoms with E-state index in [1.807, 2.05) is 60.7 Å². The van der Waals surface area contributed by atoms with Gasteiger partial charge >= 0.3 is 5.97 Å². The molecule has 1 aliphatic rings. The monoisotopic (exact) mass is 383 g/mol. The Kier molecular flexibility index (Phi) is 7.00. The Morgan fingerprint density at radius 3 is 2.29 bits per heavy atom. The molecule has 1 fully saturated rings. The van der Waals surface area contributed by atoms with Gasteiger partial charge in [-0.05, 0) is 16.7 Å². The summed E-state index contributed by atoms with van der Waals surface area (Å²) in [5.41, 5.74) is 10.7. The summed E-state index contributed by atoms with van der Waals surface area (Å²) in [7, 11) is 0. The fourth-order valence-electron chi connectivity index (χ4n) is 2.97. The van der Waals surface area contributed by atoms with E-state index < -0.39 is 30.3 Å². The summed E-state index contributed by atoms with van der Waals surface area (Å²) in [6.07, 6.45) is -3.33. The zero-order valence-corrected chi connectivity index (χ0v) is 15.1. The van der Waals surface area contributed by atoms with Crippen LogP contribution in [0.1, 0.15) is 11.1 Å². The first kappa shape index (κ1) is 19.9. The molecule has 1 N–H and O–H groups in total. The summed E-state index contributed by atoms with van der Waals surface area (Å²) in [5, 5.41) is 13.8. The third-order valence-corrected chi connectivity index (χ3v) is 4.39. The van der Waals surface area contributed by atoms with Crippen molar-refractivity contribution in [2.75, 3.05) is 6.61 Å². The molecule has 2 aromatic carbocycles. The quantitative estimate of drug-likeness (QED) is 0.309. The molecular formula is C20H21N3O5. The highest BCUT2D eigenvalue weighted by atomic mass is 16.6. The minimum Gasteiger partial charge on any atom is -0.457 e. The number of benzene rings is 2. The van der Waals surface area contributed by atoms with E-state index in [0.29, 0.717) is 6.61 Å². The van der Waals surface area contributed by atoms with Crippen molar-refractivity contribution in [2.45, 2.75) is 37.6 Å². The van der Waals surface area contributed by atoms with Gasteiger partial charge in [-0.3, -0.25) is 0 Å². The Bertz CT molecular complexity index is 811. The average Bonchev–Trinajstić information content (AvgIpc) is 3.01. The van der Waals surface area contributed by atoms with Gasteiger partial charge in [0.25, 0.3) is 0 Å². The molecule has 146 valence electrons. The molecular weight excluding hydrogens is 362 g/mol. The maximum absolute atomic E-state index is 11.9. The van der Waals surface area contributed by atoms with Gasteiger partial charge < -0.3 is 19.3 Å². The van der Waals surface area contributed by atoms with Crippen molar-refractivity contribution in [3.05, 3.63) is 82.2 Å². The number of ether oxygens (including phenoxy) is 3. The molecule has 0 saturated carbocycles. The van der Waals surface area contributed by atoms with Crippen molar-refractivity contribution >= 4 is 5.97 Å². The lowest BCUT2D eigenvalue weighted by atomic mass is 10.0. The number of hydrogen-bond acceptors (Lipinski definition) is 6. The van der Waals surface area contributed by atoms with Gasteiger partial charge in [0.1, 0.15) is 18.2 Å². The molecule has 3 rings (SSSR count). The predicted octanol–water partition coefficient (Wildman–Crippen LogP) is 2.75. The Balaban J connectivity index is 1.64. The average molecular weight is 383 g/mol. The number of azide groups is 1. The zero-order valence-electron chi connectivity index (χ0n) is 15.1. The number of rotatable bonds is 9. The summed E-state index contributed by atoms with van der Waals surface area (Å²) >= 11 is 0. The number of esters is 1. The van der Waals surface area contributed by atoms with E-state index in [4.69, 9.17) is 19.7 Å². The maximum Gasteiger partial charge on any atom is 0.338 e. The number of cyclic esters (lactones) is 1. The van der Waals surface area contributed by atoms with Crippen molar-refractivity contribution in [2.24, 2.45) is 5.11 Å². The molecule has 0 amide bonds. The lowest BCUT2D eigenvalue weighted by Gasteiger charge is -2.24. The van der Waals surface area contributed by atoms with Crippen LogP contribution in [0.4, 0.5) is 0 Å². The SMILES string of the molecule is [N-]=[N+]=N[C@H](COCc1ccccc1)[C@@H]1OC(=O)[C@@H](O)[C@@H]1OCc1ccccc1. The zero-order chi connectivity index (χ0) is 19.8. The molecule has 0 aliphatic carbocycles. The van der Waals surface area contributed by atoms with E-state index in [0.717, 1.165) is 11.1 Å². The topological polar surface area (TPSA) is 114 Å². The number of aliphatic hydroxyl groups is 1. The summed E-state index contributed by atoms with van der Waals surface area (Å²) in [4.78, 5) is 14.7. The third-order valence-electron chi connectivity index (χ3n) is 4.39. The van der Waals surface area contributed by atoms with Gasteiger partial charge in [0, 0.05) is 4.91 Å². The molecule has 0 radical (unpaired) electrons. The molecule has 28 heavy (non-hydrogen) atoms. The Morgan fingerprint density at radius 2 is 1.68 bits per heavy atom. The molecule has 1 saturated heterocycles. The molecule has 8 heteroatoms. The molecule has 0 spiro atoms. The van der Waals surface area contributed by atoms with Crippen molar-refractivity contribution in [1.82, 2.24) is 0 Å². The summed E-state index contributed by atoms with van der Waals surface area (Å²) in [5.74, 6) is -0.802. The molecule has 1 heterocycles. The minimum atomic E-state index is -1.45. The smallest absolute Gasteiger partial charge is 0.338 e. The minimum absolute atomic E-state index is 0.0226. The van der Waals surface area contributed by atoms with E-state index in [1.54, 1.807) is 0 Å². The molecule has 8 nitrogen and oxygen atoms in total. The van der Waals surface area contributed by atoms with Crippen LogP contribution in [-0.4, -0.2) is 42.0 Å². The van der Waals surface area contributed by atoms with Crippen LogP contribution in [0.2, 0.25) is 0 Å². The van der Waals surface area contributed by atoms with Gasteiger partial charge in [0.15, 0.2) is 6.10 Å². The van der Waals surface area contributed by atoms with Gasteiger partial charge in [-0.2, -0.15) is 0 Å². The lowest BCUT2D eigenvalue weighted by Crippen LogP contribution is -2.41. The van der Waals surface area contributed by atoms with E-state index in [-0.39, 0.29) is 13.2 Å². The van der Waals surface area contributed by atoms with Crippen molar-refractivity contribution in [3.63, 3.8) is 0 Å². The fourth-order valence-corrected chi connectivity index (χ4v) is 2.97. The molecule has 0 unspecified atom stereocenters. The van der Waals surface area contributed by atoms with Crippen LogP contribution in [0.15, 0.2) is 65.8 Å². The third kappa shape index (κ3) is 5.09. The first-order valence-corrected chi connectivity index (χ1v) is 8.89. The number of carbonyl (C=O) groups excluding carboxylic acids is 1. The van der Waals surface area contributed by atoms with Crippen LogP contribution in [-0.2, 0) is 32.2 Å². The molecule has 4 atom stereocenters. The second kappa shape index (κ2) is 9.87. The summed E-state index contributed by atoms with van der Waals surface area (Å²) < 4.78 is 16.6. The lowest BCUT2D eigenvalue weighted by molar-refractivity contribution is -0.148. The molecule has 0 aromatic heterocycles. The Morgan fingerprint density at radius 1 is 1.07 bits per heavy atom. The summed E-state index contributed by atoms with van der Waals surface area (Å²) in [6.45, 7) is 0.523. The largest absolute Gasteiger partial charge is 0.457 e. The van der Waals surface area contributed by atoms with Crippen molar-refractivity contribution < 1.29 is 24.1 Å². The van der Waals surface area contributed by atoms with Gasteiger partial charge in [-0.1, -0.05) is 65.8 Å². The highest BCUT2D eigenvalue weighted by Crippen LogP contribution is 2.25.